The molecule has 1 aliphatic rings. The number of aromatic amines is 1. The van der Waals surface area contributed by atoms with Crippen molar-refractivity contribution in [3.05, 3.63) is 70.4 Å². The minimum atomic E-state index is -0.0580. The van der Waals surface area contributed by atoms with Crippen molar-refractivity contribution in [2.75, 3.05) is 13.2 Å². The first-order valence-electron chi connectivity index (χ1n) is 9.70. The second-order valence-corrected chi connectivity index (χ2v) is 7.57. The third kappa shape index (κ3) is 3.13. The number of aromatic hydroxyl groups is 1. The molecule has 1 aromatic carbocycles. The number of phenolic OH excluding ortho intramolecular Hbond substituents is 1. The first-order valence-corrected chi connectivity index (χ1v) is 9.70. The van der Waals surface area contributed by atoms with Crippen LogP contribution < -0.4 is 5.56 Å². The summed E-state index contributed by atoms with van der Waals surface area (Å²) in [6.07, 6.45) is 7.11. The van der Waals surface area contributed by atoms with Gasteiger partial charge in [-0.05, 0) is 36.1 Å². The molecule has 1 fully saturated rings. The maximum atomic E-state index is 12.7. The third-order valence-corrected chi connectivity index (χ3v) is 5.61. The highest BCUT2D eigenvalue weighted by atomic mass is 16.5. The number of para-hydroxylation sites is 1. The lowest BCUT2D eigenvalue weighted by atomic mass is 10.0. The summed E-state index contributed by atoms with van der Waals surface area (Å²) in [7, 11) is 1.76. The Morgan fingerprint density at radius 3 is 2.76 bits per heavy atom. The van der Waals surface area contributed by atoms with Crippen LogP contribution in [0.25, 0.3) is 22.2 Å². The zero-order valence-electron chi connectivity index (χ0n) is 16.1. The molecule has 148 valence electrons. The van der Waals surface area contributed by atoms with Crippen molar-refractivity contribution >= 4 is 10.9 Å². The lowest BCUT2D eigenvalue weighted by Crippen LogP contribution is -2.30. The number of phenols is 1. The zero-order valence-corrected chi connectivity index (χ0v) is 16.1. The Balaban J connectivity index is 1.51. The summed E-state index contributed by atoms with van der Waals surface area (Å²) < 4.78 is 8.77. The Morgan fingerprint density at radius 2 is 2.00 bits per heavy atom. The predicted molar refractivity (Wildman–Crippen MR) is 110 cm³/mol. The number of nitrogens with one attached hydrogen (secondary N) is 1. The number of aromatic nitrogens is 4. The van der Waals surface area contributed by atoms with Gasteiger partial charge in [-0.3, -0.25) is 9.48 Å². The van der Waals surface area contributed by atoms with Gasteiger partial charge in [0.1, 0.15) is 11.3 Å². The molecule has 0 unspecified atom stereocenters. The number of hydrogen-bond acceptors (Lipinski definition) is 4. The van der Waals surface area contributed by atoms with Gasteiger partial charge in [-0.1, -0.05) is 18.2 Å². The molecule has 2 N–H and O–H groups in total. The Hall–Kier alpha value is -3.32. The van der Waals surface area contributed by atoms with Crippen LogP contribution in [0.1, 0.15) is 17.2 Å². The SMILES string of the molecule is Cn1cc(CCc2ccccc2O)c2cc(-c3cnn(C4COC4)c3)[nH]c2c1=O. The van der Waals surface area contributed by atoms with Crippen molar-refractivity contribution in [3.8, 4) is 17.0 Å². The van der Waals surface area contributed by atoms with Crippen LogP contribution >= 0.6 is 0 Å². The highest BCUT2D eigenvalue weighted by Crippen LogP contribution is 2.27. The lowest BCUT2D eigenvalue weighted by Gasteiger charge is -2.25. The van der Waals surface area contributed by atoms with Gasteiger partial charge in [-0.2, -0.15) is 5.10 Å². The van der Waals surface area contributed by atoms with E-state index in [0.29, 0.717) is 30.9 Å². The first kappa shape index (κ1) is 17.8. The summed E-state index contributed by atoms with van der Waals surface area (Å²) in [5, 5.41) is 15.4. The molecular weight excluding hydrogens is 368 g/mol. The van der Waals surface area contributed by atoms with E-state index in [4.69, 9.17) is 4.74 Å². The van der Waals surface area contributed by atoms with Crippen molar-refractivity contribution in [1.29, 1.82) is 0 Å². The molecule has 0 saturated carbocycles. The van der Waals surface area contributed by atoms with Crippen molar-refractivity contribution in [2.24, 2.45) is 7.05 Å². The average molecular weight is 390 g/mol. The van der Waals surface area contributed by atoms with Gasteiger partial charge in [-0.15, -0.1) is 0 Å². The van der Waals surface area contributed by atoms with Gasteiger partial charge in [0, 0.05) is 36.1 Å². The van der Waals surface area contributed by atoms with E-state index in [-0.39, 0.29) is 11.6 Å². The Morgan fingerprint density at radius 1 is 1.21 bits per heavy atom. The molecule has 1 saturated heterocycles. The minimum Gasteiger partial charge on any atom is -0.508 e. The summed E-state index contributed by atoms with van der Waals surface area (Å²) in [5.41, 5.74) is 4.32. The number of hydrogen-bond donors (Lipinski definition) is 2. The number of fused-ring (bicyclic) bond motifs is 1. The summed E-state index contributed by atoms with van der Waals surface area (Å²) in [5.74, 6) is 0.302. The molecule has 5 rings (SSSR count). The van der Waals surface area contributed by atoms with Crippen LogP contribution in [0.15, 0.2) is 53.7 Å². The number of nitrogens with zero attached hydrogens (tertiary/aromatic N) is 3. The van der Waals surface area contributed by atoms with Gasteiger partial charge in [0.15, 0.2) is 0 Å². The molecule has 4 aromatic rings. The Bertz CT molecular complexity index is 1250. The predicted octanol–water partition coefficient (Wildman–Crippen LogP) is 2.79. The molecule has 0 radical (unpaired) electrons. The average Bonchev–Trinajstić information content (AvgIpc) is 3.31. The number of H-pyrrole nitrogens is 1. The van der Waals surface area contributed by atoms with Crippen molar-refractivity contribution in [2.45, 2.75) is 18.9 Å². The van der Waals surface area contributed by atoms with E-state index >= 15 is 0 Å². The molecule has 0 aliphatic carbocycles. The number of rotatable bonds is 5. The highest BCUT2D eigenvalue weighted by Gasteiger charge is 2.22. The third-order valence-electron chi connectivity index (χ3n) is 5.61. The monoisotopic (exact) mass is 390 g/mol. The quantitative estimate of drug-likeness (QED) is 0.549. The second kappa shape index (κ2) is 6.93. The van der Waals surface area contributed by atoms with Crippen LogP contribution in [0, 0.1) is 0 Å². The molecular formula is C22H22N4O3. The van der Waals surface area contributed by atoms with Gasteiger partial charge in [0.2, 0.25) is 0 Å². The summed E-state index contributed by atoms with van der Waals surface area (Å²) in [6, 6.07) is 9.67. The van der Waals surface area contributed by atoms with Crippen LogP contribution in [0.5, 0.6) is 5.75 Å². The highest BCUT2D eigenvalue weighted by molar-refractivity contribution is 5.87. The van der Waals surface area contributed by atoms with Crippen molar-refractivity contribution in [1.82, 2.24) is 19.3 Å². The number of pyridine rings is 1. The normalized spacial score (nSPS) is 14.4. The molecule has 7 nitrogen and oxygen atoms in total. The summed E-state index contributed by atoms with van der Waals surface area (Å²) >= 11 is 0. The fourth-order valence-corrected chi connectivity index (χ4v) is 3.81. The molecule has 7 heteroatoms. The summed E-state index contributed by atoms with van der Waals surface area (Å²) in [6.45, 7) is 1.37. The number of aryl methyl sites for hydroxylation is 3. The van der Waals surface area contributed by atoms with Crippen molar-refractivity contribution < 1.29 is 9.84 Å². The van der Waals surface area contributed by atoms with E-state index in [1.165, 1.54) is 0 Å². The molecule has 0 bridgehead atoms. The smallest absolute Gasteiger partial charge is 0.274 e. The molecule has 0 atom stereocenters. The number of ether oxygens (including phenoxy) is 1. The topological polar surface area (TPSA) is 85.1 Å². The van der Waals surface area contributed by atoms with E-state index in [2.05, 4.69) is 10.1 Å². The molecule has 1 aliphatic heterocycles. The maximum Gasteiger partial charge on any atom is 0.274 e. The standard InChI is InChI=1S/C22H22N4O3/c1-25-10-15(7-6-14-4-2-3-5-20(14)27)18-8-19(24-21(18)22(25)28)16-9-23-26(11-16)17-12-29-13-17/h2-5,8-11,17,24,27H,6-7,12-13H2,1H3. The zero-order chi connectivity index (χ0) is 20.0. The Labute approximate surface area is 167 Å². The van der Waals surface area contributed by atoms with Crippen LogP contribution in [0.2, 0.25) is 0 Å². The molecule has 4 heterocycles. The summed E-state index contributed by atoms with van der Waals surface area (Å²) in [4.78, 5) is 16.0. The van der Waals surface area contributed by atoms with Crippen molar-refractivity contribution in [3.63, 3.8) is 0 Å². The van der Waals surface area contributed by atoms with E-state index in [0.717, 1.165) is 34.2 Å². The van der Waals surface area contributed by atoms with Gasteiger partial charge < -0.3 is 19.4 Å². The van der Waals surface area contributed by atoms with Crippen LogP contribution in [0.3, 0.4) is 0 Å². The maximum absolute atomic E-state index is 12.7. The molecule has 29 heavy (non-hydrogen) atoms. The molecule has 0 amide bonds. The minimum absolute atomic E-state index is 0.0580. The van der Waals surface area contributed by atoms with Gasteiger partial charge in [-0.25, -0.2) is 0 Å². The fourth-order valence-electron chi connectivity index (χ4n) is 3.81. The van der Waals surface area contributed by atoms with E-state index in [1.807, 2.05) is 47.5 Å². The largest absolute Gasteiger partial charge is 0.508 e. The van der Waals surface area contributed by atoms with Gasteiger partial charge in [0.05, 0.1) is 25.5 Å². The molecule has 0 spiro atoms. The van der Waals surface area contributed by atoms with Gasteiger partial charge in [0.25, 0.3) is 5.56 Å². The fraction of sp³-hybridized carbons (Fsp3) is 0.273. The van der Waals surface area contributed by atoms with Gasteiger partial charge >= 0.3 is 0 Å². The second-order valence-electron chi connectivity index (χ2n) is 7.57. The van der Waals surface area contributed by atoms with E-state index < -0.39 is 0 Å². The molecule has 3 aromatic heterocycles. The Kier molecular flexibility index (Phi) is 4.24. The van der Waals surface area contributed by atoms with Crippen LogP contribution in [0.4, 0.5) is 0 Å². The number of benzene rings is 1. The van der Waals surface area contributed by atoms with E-state index in [1.54, 1.807) is 17.7 Å². The lowest BCUT2D eigenvalue weighted by molar-refractivity contribution is -0.0286. The van der Waals surface area contributed by atoms with Crippen LogP contribution in [-0.4, -0.2) is 37.7 Å². The first-order chi connectivity index (χ1) is 14.1. The van der Waals surface area contributed by atoms with Crippen LogP contribution in [-0.2, 0) is 24.6 Å². The van der Waals surface area contributed by atoms with E-state index in [9.17, 15) is 9.90 Å².